The number of alkyl halides is 1. The molecule has 0 aliphatic heterocycles. The van der Waals surface area contributed by atoms with E-state index in [4.69, 9.17) is 11.6 Å². The molecule has 0 fully saturated rings. The van der Waals surface area contributed by atoms with Crippen molar-refractivity contribution in [1.29, 1.82) is 0 Å². The van der Waals surface area contributed by atoms with Gasteiger partial charge in [-0.25, -0.2) is 0 Å². The van der Waals surface area contributed by atoms with E-state index in [1.807, 2.05) is 0 Å². The molecule has 1 rings (SSSR count). The van der Waals surface area contributed by atoms with Crippen LogP contribution in [-0.2, 0) is 0 Å². The molecule has 0 unspecified atom stereocenters. The summed E-state index contributed by atoms with van der Waals surface area (Å²) in [6.07, 6.45) is 4.35. The number of nitrogens with one attached hydrogen (secondary N) is 1. The maximum absolute atomic E-state index is 11.8. The molecule has 1 amide bonds. The Bertz CT molecular complexity index is 399. The largest absolute Gasteiger partial charge is 0.507 e. The van der Waals surface area contributed by atoms with Crippen molar-refractivity contribution < 1.29 is 9.90 Å². The molecule has 100 valence electrons. The molecule has 0 heterocycles. The van der Waals surface area contributed by atoms with Gasteiger partial charge in [0.25, 0.3) is 5.91 Å². The summed E-state index contributed by atoms with van der Waals surface area (Å²) < 4.78 is 0. The third-order valence-electron chi connectivity index (χ3n) is 2.55. The Morgan fingerprint density at radius 1 is 1.28 bits per heavy atom. The first kappa shape index (κ1) is 15.3. The molecule has 1 aromatic rings. The molecular formula is C13H17BrClNO2. The Hall–Kier alpha value is -0.740. The summed E-state index contributed by atoms with van der Waals surface area (Å²) in [5.74, 6) is -0.327. The lowest BCUT2D eigenvalue weighted by Gasteiger charge is -2.07. The van der Waals surface area contributed by atoms with Crippen LogP contribution in [0.1, 0.15) is 36.0 Å². The van der Waals surface area contributed by atoms with Gasteiger partial charge in [0.05, 0.1) is 5.56 Å². The van der Waals surface area contributed by atoms with Crippen LogP contribution in [-0.4, -0.2) is 22.9 Å². The standard InChI is InChI=1S/C13H17BrClNO2/c14-7-3-1-2-4-8-16-13(18)11-9-10(15)5-6-12(11)17/h5-6,9,17H,1-4,7-8H2,(H,16,18). The first-order chi connectivity index (χ1) is 8.65. The SMILES string of the molecule is O=C(NCCCCCCBr)c1cc(Cl)ccc1O. The Labute approximate surface area is 121 Å². The van der Waals surface area contributed by atoms with E-state index in [1.54, 1.807) is 6.07 Å². The molecule has 0 bridgehead atoms. The summed E-state index contributed by atoms with van der Waals surface area (Å²) in [5.41, 5.74) is 0.225. The van der Waals surface area contributed by atoms with Gasteiger partial charge in [0.1, 0.15) is 5.75 Å². The van der Waals surface area contributed by atoms with Crippen molar-refractivity contribution in [1.82, 2.24) is 5.32 Å². The van der Waals surface area contributed by atoms with Crippen molar-refractivity contribution >= 4 is 33.4 Å². The minimum absolute atomic E-state index is 0.0452. The lowest BCUT2D eigenvalue weighted by Crippen LogP contribution is -2.24. The Morgan fingerprint density at radius 2 is 2.00 bits per heavy atom. The zero-order valence-corrected chi connectivity index (χ0v) is 12.4. The van der Waals surface area contributed by atoms with Gasteiger partial charge in [0.2, 0.25) is 0 Å². The summed E-state index contributed by atoms with van der Waals surface area (Å²) in [7, 11) is 0. The monoisotopic (exact) mass is 333 g/mol. The number of amides is 1. The molecule has 1 aromatic carbocycles. The van der Waals surface area contributed by atoms with Crippen LogP contribution >= 0.6 is 27.5 Å². The van der Waals surface area contributed by atoms with Crippen LogP contribution in [0.15, 0.2) is 18.2 Å². The third kappa shape index (κ3) is 5.27. The molecule has 0 saturated carbocycles. The number of unbranched alkanes of at least 4 members (excludes halogenated alkanes) is 3. The molecule has 0 aliphatic rings. The number of phenols is 1. The second-order valence-electron chi connectivity index (χ2n) is 4.02. The molecule has 0 aromatic heterocycles. The van der Waals surface area contributed by atoms with Crippen LogP contribution < -0.4 is 5.32 Å². The van der Waals surface area contributed by atoms with Crippen molar-refractivity contribution in [2.75, 3.05) is 11.9 Å². The molecule has 0 aliphatic carbocycles. The Kier molecular flexibility index (Phi) is 7.13. The number of phenolic OH excluding ortho intramolecular Hbond substituents is 1. The molecule has 3 nitrogen and oxygen atoms in total. The quantitative estimate of drug-likeness (QED) is 0.589. The van der Waals surface area contributed by atoms with Crippen molar-refractivity contribution in [3.05, 3.63) is 28.8 Å². The van der Waals surface area contributed by atoms with E-state index in [1.165, 1.54) is 12.1 Å². The van der Waals surface area contributed by atoms with Crippen molar-refractivity contribution in [2.24, 2.45) is 0 Å². The van der Waals surface area contributed by atoms with Gasteiger partial charge in [-0.05, 0) is 31.0 Å². The second kappa shape index (κ2) is 8.38. The minimum Gasteiger partial charge on any atom is -0.507 e. The Morgan fingerprint density at radius 3 is 2.72 bits per heavy atom. The average molecular weight is 335 g/mol. The predicted octanol–water partition coefficient (Wildman–Crippen LogP) is 3.73. The molecule has 0 atom stereocenters. The van der Waals surface area contributed by atoms with E-state index in [2.05, 4.69) is 21.2 Å². The minimum atomic E-state index is -0.282. The molecule has 0 saturated heterocycles. The van der Waals surface area contributed by atoms with E-state index >= 15 is 0 Å². The molecular weight excluding hydrogens is 318 g/mol. The van der Waals surface area contributed by atoms with Gasteiger partial charge in [-0.3, -0.25) is 4.79 Å². The van der Waals surface area contributed by atoms with E-state index < -0.39 is 0 Å². The van der Waals surface area contributed by atoms with Crippen LogP contribution in [0.3, 0.4) is 0 Å². The first-order valence-corrected chi connectivity index (χ1v) is 7.47. The topological polar surface area (TPSA) is 49.3 Å². The zero-order valence-electron chi connectivity index (χ0n) is 10.1. The summed E-state index contributed by atoms with van der Waals surface area (Å²) in [6.45, 7) is 0.618. The fraction of sp³-hybridized carbons (Fsp3) is 0.462. The van der Waals surface area contributed by atoms with Crippen LogP contribution in [0.2, 0.25) is 5.02 Å². The number of halogens is 2. The van der Waals surface area contributed by atoms with Crippen molar-refractivity contribution in [3.8, 4) is 5.75 Å². The highest BCUT2D eigenvalue weighted by Crippen LogP contribution is 2.21. The third-order valence-corrected chi connectivity index (χ3v) is 3.35. The Balaban J connectivity index is 2.34. The number of benzene rings is 1. The summed E-state index contributed by atoms with van der Waals surface area (Å²) in [6, 6.07) is 4.44. The van der Waals surface area contributed by atoms with Crippen LogP contribution in [0.5, 0.6) is 5.75 Å². The molecule has 5 heteroatoms. The lowest BCUT2D eigenvalue weighted by atomic mass is 10.1. The van der Waals surface area contributed by atoms with Crippen molar-refractivity contribution in [2.45, 2.75) is 25.7 Å². The van der Waals surface area contributed by atoms with Gasteiger partial charge >= 0.3 is 0 Å². The smallest absolute Gasteiger partial charge is 0.255 e. The van der Waals surface area contributed by atoms with E-state index in [-0.39, 0.29) is 17.2 Å². The summed E-state index contributed by atoms with van der Waals surface area (Å²) in [5, 5.41) is 13.8. The normalized spacial score (nSPS) is 10.3. The van der Waals surface area contributed by atoms with E-state index in [9.17, 15) is 9.90 Å². The number of hydrogen-bond acceptors (Lipinski definition) is 2. The second-order valence-corrected chi connectivity index (χ2v) is 5.25. The van der Waals surface area contributed by atoms with Gasteiger partial charge in [0, 0.05) is 16.9 Å². The van der Waals surface area contributed by atoms with Crippen LogP contribution in [0.4, 0.5) is 0 Å². The number of aromatic hydroxyl groups is 1. The maximum atomic E-state index is 11.8. The van der Waals surface area contributed by atoms with Gasteiger partial charge in [-0.2, -0.15) is 0 Å². The number of carbonyl (C=O) groups is 1. The van der Waals surface area contributed by atoms with Crippen LogP contribution in [0.25, 0.3) is 0 Å². The van der Waals surface area contributed by atoms with Gasteiger partial charge in [0.15, 0.2) is 0 Å². The average Bonchev–Trinajstić information content (AvgIpc) is 2.36. The number of rotatable bonds is 7. The fourth-order valence-corrected chi connectivity index (χ4v) is 2.13. The fourth-order valence-electron chi connectivity index (χ4n) is 1.56. The maximum Gasteiger partial charge on any atom is 0.255 e. The van der Waals surface area contributed by atoms with Crippen molar-refractivity contribution in [3.63, 3.8) is 0 Å². The summed E-state index contributed by atoms with van der Waals surface area (Å²) >= 11 is 9.16. The molecule has 0 spiro atoms. The van der Waals surface area contributed by atoms with E-state index in [0.717, 1.165) is 31.0 Å². The van der Waals surface area contributed by atoms with Gasteiger partial charge in [-0.15, -0.1) is 0 Å². The number of hydrogen-bond donors (Lipinski definition) is 2. The molecule has 0 radical (unpaired) electrons. The molecule has 2 N–H and O–H groups in total. The zero-order chi connectivity index (χ0) is 13.4. The highest BCUT2D eigenvalue weighted by atomic mass is 79.9. The summed E-state index contributed by atoms with van der Waals surface area (Å²) in [4.78, 5) is 11.8. The van der Waals surface area contributed by atoms with E-state index in [0.29, 0.717) is 11.6 Å². The predicted molar refractivity (Wildman–Crippen MR) is 77.7 cm³/mol. The number of carbonyl (C=O) groups excluding carboxylic acids is 1. The highest BCUT2D eigenvalue weighted by Gasteiger charge is 2.10. The van der Waals surface area contributed by atoms with Gasteiger partial charge < -0.3 is 10.4 Å². The molecule has 18 heavy (non-hydrogen) atoms. The van der Waals surface area contributed by atoms with Crippen LogP contribution in [0, 0.1) is 0 Å². The first-order valence-electron chi connectivity index (χ1n) is 5.98. The lowest BCUT2D eigenvalue weighted by molar-refractivity contribution is 0.0950. The van der Waals surface area contributed by atoms with Gasteiger partial charge in [-0.1, -0.05) is 40.4 Å². The highest BCUT2D eigenvalue weighted by molar-refractivity contribution is 9.09.